The molecule has 4 rings (SSSR count). The Labute approximate surface area is 266 Å². The zero-order chi connectivity index (χ0) is 30.3. The van der Waals surface area contributed by atoms with Gasteiger partial charge >= 0.3 is 0 Å². The maximum atomic E-state index is 14.2. The van der Waals surface area contributed by atoms with Gasteiger partial charge in [0.2, 0.25) is 21.8 Å². The van der Waals surface area contributed by atoms with Crippen molar-refractivity contribution in [1.82, 2.24) is 10.2 Å². The molecule has 1 fully saturated rings. The van der Waals surface area contributed by atoms with Crippen LogP contribution in [0.5, 0.6) is 0 Å². The van der Waals surface area contributed by atoms with Crippen molar-refractivity contribution in [3.05, 3.63) is 98.4 Å². The third-order valence-corrected chi connectivity index (χ3v) is 9.55. The van der Waals surface area contributed by atoms with Gasteiger partial charge < -0.3 is 10.2 Å². The number of hydrogen-bond donors (Lipinski definition) is 1. The largest absolute Gasteiger partial charge is 0.352 e. The smallest absolute Gasteiger partial charge is 0.244 e. The summed E-state index contributed by atoms with van der Waals surface area (Å²) in [5, 5.41) is 3.60. The van der Waals surface area contributed by atoms with E-state index in [4.69, 9.17) is 23.2 Å². The number of amides is 2. The Hall–Kier alpha value is -2.59. The molecule has 0 bridgehead atoms. The van der Waals surface area contributed by atoms with E-state index in [-0.39, 0.29) is 40.6 Å². The summed E-state index contributed by atoms with van der Waals surface area (Å²) in [6.07, 6.45) is 6.27. The van der Waals surface area contributed by atoms with E-state index in [0.29, 0.717) is 0 Å². The van der Waals surface area contributed by atoms with Crippen LogP contribution in [0.2, 0.25) is 10.0 Å². The Kier molecular flexibility index (Phi) is 11.3. The van der Waals surface area contributed by atoms with Crippen molar-refractivity contribution < 1.29 is 18.0 Å². The second-order valence-corrected chi connectivity index (χ2v) is 14.2. The van der Waals surface area contributed by atoms with E-state index in [1.54, 1.807) is 6.07 Å². The lowest BCUT2D eigenvalue weighted by molar-refractivity contribution is -0.140. The van der Waals surface area contributed by atoms with Crippen LogP contribution >= 0.6 is 39.1 Å². The number of carbonyl (C=O) groups is 2. The van der Waals surface area contributed by atoms with Crippen LogP contribution in [0.25, 0.3) is 0 Å². The molecule has 0 saturated heterocycles. The predicted octanol–water partition coefficient (Wildman–Crippen LogP) is 6.61. The van der Waals surface area contributed by atoms with Crippen LogP contribution in [0.4, 0.5) is 5.69 Å². The minimum absolute atomic E-state index is 0.0342. The summed E-state index contributed by atoms with van der Waals surface area (Å²) in [7, 11) is -3.96. The Morgan fingerprint density at radius 3 is 2.26 bits per heavy atom. The number of sulfonamides is 1. The molecule has 0 heterocycles. The van der Waals surface area contributed by atoms with E-state index >= 15 is 0 Å². The highest BCUT2D eigenvalue weighted by Gasteiger charge is 2.34. The van der Waals surface area contributed by atoms with Crippen molar-refractivity contribution in [1.29, 1.82) is 0 Å². The molecule has 0 aliphatic heterocycles. The van der Waals surface area contributed by atoms with Gasteiger partial charge in [0.15, 0.2) is 0 Å². The van der Waals surface area contributed by atoms with Crippen molar-refractivity contribution in [2.75, 3.05) is 17.1 Å². The molecule has 2 amide bonds. The number of halogens is 3. The van der Waals surface area contributed by atoms with Crippen LogP contribution < -0.4 is 9.62 Å². The average molecular weight is 696 g/mol. The Bertz CT molecular complexity index is 1480. The van der Waals surface area contributed by atoms with Crippen LogP contribution in [-0.2, 0) is 32.6 Å². The first-order chi connectivity index (χ1) is 20.0. The molecule has 1 atom stereocenters. The fourth-order valence-corrected chi connectivity index (χ4v) is 6.71. The maximum Gasteiger partial charge on any atom is 0.244 e. The summed E-state index contributed by atoms with van der Waals surface area (Å²) in [5.41, 5.74) is 1.77. The molecule has 0 spiro atoms. The van der Waals surface area contributed by atoms with Gasteiger partial charge in [-0.1, -0.05) is 101 Å². The highest BCUT2D eigenvalue weighted by molar-refractivity contribution is 9.10. The van der Waals surface area contributed by atoms with Crippen molar-refractivity contribution >= 4 is 66.7 Å². The van der Waals surface area contributed by atoms with Crippen molar-refractivity contribution in [2.24, 2.45) is 0 Å². The van der Waals surface area contributed by atoms with Crippen LogP contribution in [0.1, 0.15) is 43.2 Å². The summed E-state index contributed by atoms with van der Waals surface area (Å²) in [6.45, 7) is -0.458. The summed E-state index contributed by atoms with van der Waals surface area (Å²) in [4.78, 5) is 29.7. The van der Waals surface area contributed by atoms with Crippen LogP contribution in [0.15, 0.2) is 77.3 Å². The van der Waals surface area contributed by atoms with Gasteiger partial charge in [-0.3, -0.25) is 13.9 Å². The molecule has 1 aliphatic carbocycles. The number of nitrogens with one attached hydrogen (secondary N) is 1. The third-order valence-electron chi connectivity index (χ3n) is 7.34. The molecule has 1 N–H and O–H groups in total. The lowest BCUT2D eigenvalue weighted by atomic mass is 9.94. The highest BCUT2D eigenvalue weighted by atomic mass is 79.9. The topological polar surface area (TPSA) is 86.8 Å². The highest BCUT2D eigenvalue weighted by Crippen LogP contribution is 2.31. The quantitative estimate of drug-likeness (QED) is 0.245. The lowest BCUT2D eigenvalue weighted by Crippen LogP contribution is -2.55. The number of nitrogens with zero attached hydrogens (tertiary/aromatic N) is 2. The van der Waals surface area contributed by atoms with E-state index < -0.39 is 28.5 Å². The lowest BCUT2D eigenvalue weighted by Gasteiger charge is -2.35. The first-order valence-corrected chi connectivity index (χ1v) is 17.2. The molecule has 1 saturated carbocycles. The minimum Gasteiger partial charge on any atom is -0.352 e. The molecule has 42 heavy (non-hydrogen) atoms. The average Bonchev–Trinajstić information content (AvgIpc) is 2.96. The van der Waals surface area contributed by atoms with Crippen LogP contribution in [0, 0.1) is 0 Å². The fraction of sp³-hybridized carbons (Fsp3) is 0.355. The summed E-state index contributed by atoms with van der Waals surface area (Å²) < 4.78 is 27.8. The zero-order valence-electron chi connectivity index (χ0n) is 23.3. The predicted molar refractivity (Wildman–Crippen MR) is 172 cm³/mol. The van der Waals surface area contributed by atoms with E-state index in [1.165, 1.54) is 17.0 Å². The number of hydrogen-bond acceptors (Lipinski definition) is 4. The molecule has 1 aliphatic rings. The van der Waals surface area contributed by atoms with Gasteiger partial charge in [-0.15, -0.1) is 0 Å². The van der Waals surface area contributed by atoms with Gasteiger partial charge in [0.25, 0.3) is 0 Å². The van der Waals surface area contributed by atoms with Gasteiger partial charge in [-0.25, -0.2) is 8.42 Å². The van der Waals surface area contributed by atoms with Crippen molar-refractivity contribution in [3.8, 4) is 0 Å². The standard InChI is InChI=1S/C31H34BrCl2N3O4S/c1-42(40,41)37(28-19-25(33)16-17-27(28)34)21-30(38)36(20-23-12-14-24(32)15-13-23)29(18-22-8-4-2-5-9-22)31(39)35-26-10-6-3-7-11-26/h2,4-5,8-9,12-17,19,26,29H,3,6-7,10-11,18,20-21H2,1H3,(H,35,39)/t29-/m0/s1. The molecule has 3 aromatic carbocycles. The second kappa shape index (κ2) is 14.7. The molecule has 224 valence electrons. The van der Waals surface area contributed by atoms with Crippen LogP contribution in [-0.4, -0.2) is 50.0 Å². The van der Waals surface area contributed by atoms with Gasteiger partial charge in [-0.2, -0.15) is 0 Å². The SMILES string of the molecule is CS(=O)(=O)N(CC(=O)N(Cc1ccc(Br)cc1)[C@@H](Cc1ccccc1)C(=O)NC1CCCCC1)c1cc(Cl)ccc1Cl. The normalized spacial score (nSPS) is 14.7. The second-order valence-electron chi connectivity index (χ2n) is 10.6. The molecule has 0 radical (unpaired) electrons. The van der Waals surface area contributed by atoms with Gasteiger partial charge in [0.1, 0.15) is 12.6 Å². The first kappa shape index (κ1) is 32.3. The molecule has 3 aromatic rings. The van der Waals surface area contributed by atoms with Crippen molar-refractivity contribution in [2.45, 2.75) is 57.2 Å². The molecule has 7 nitrogen and oxygen atoms in total. The molecule has 11 heteroatoms. The van der Waals surface area contributed by atoms with E-state index in [0.717, 1.165) is 58.3 Å². The molecular formula is C31H34BrCl2N3O4S. The van der Waals surface area contributed by atoms with Gasteiger partial charge in [-0.05, 0) is 54.3 Å². The summed E-state index contributed by atoms with van der Waals surface area (Å²) in [5.74, 6) is -0.804. The number of benzene rings is 3. The van der Waals surface area contributed by atoms with Crippen molar-refractivity contribution in [3.63, 3.8) is 0 Å². The van der Waals surface area contributed by atoms with E-state index in [1.807, 2.05) is 54.6 Å². The monoisotopic (exact) mass is 693 g/mol. The molecule has 0 unspecified atom stereocenters. The minimum atomic E-state index is -3.96. The number of anilines is 1. The third kappa shape index (κ3) is 8.96. The van der Waals surface area contributed by atoms with Crippen LogP contribution in [0.3, 0.4) is 0 Å². The molecular weight excluding hydrogens is 661 g/mol. The zero-order valence-corrected chi connectivity index (χ0v) is 27.2. The molecule has 0 aromatic heterocycles. The summed E-state index contributed by atoms with van der Waals surface area (Å²) >= 11 is 16.0. The summed E-state index contributed by atoms with van der Waals surface area (Å²) in [6, 6.07) is 20.5. The number of carbonyl (C=O) groups excluding carboxylic acids is 2. The number of rotatable bonds is 11. The van der Waals surface area contributed by atoms with E-state index in [2.05, 4.69) is 21.2 Å². The van der Waals surface area contributed by atoms with Gasteiger partial charge in [0.05, 0.1) is 17.0 Å². The van der Waals surface area contributed by atoms with E-state index in [9.17, 15) is 18.0 Å². The fourth-order valence-electron chi connectivity index (χ4n) is 5.16. The first-order valence-electron chi connectivity index (χ1n) is 13.8. The Balaban J connectivity index is 1.73. The van der Waals surface area contributed by atoms with Gasteiger partial charge in [0, 0.05) is 28.5 Å². The maximum absolute atomic E-state index is 14.2. The Morgan fingerprint density at radius 1 is 0.952 bits per heavy atom. The Morgan fingerprint density at radius 2 is 1.62 bits per heavy atom.